The second-order valence-electron chi connectivity index (χ2n) is 5.06. The van der Waals surface area contributed by atoms with Gasteiger partial charge in [-0.1, -0.05) is 19.1 Å². The van der Waals surface area contributed by atoms with Crippen LogP contribution >= 0.6 is 11.8 Å². The van der Waals surface area contributed by atoms with Gasteiger partial charge >= 0.3 is 5.97 Å². The molecule has 0 aliphatic heterocycles. The molecule has 7 heteroatoms. The highest BCUT2D eigenvalue weighted by Crippen LogP contribution is 2.16. The van der Waals surface area contributed by atoms with Crippen molar-refractivity contribution in [3.8, 4) is 0 Å². The summed E-state index contributed by atoms with van der Waals surface area (Å²) in [7, 11) is 0. The summed E-state index contributed by atoms with van der Waals surface area (Å²) in [5.41, 5.74) is 1.79. The van der Waals surface area contributed by atoms with Crippen LogP contribution in [0.3, 0.4) is 0 Å². The van der Waals surface area contributed by atoms with Crippen molar-refractivity contribution in [3.05, 3.63) is 29.8 Å². The molecule has 6 nitrogen and oxygen atoms in total. The lowest BCUT2D eigenvalue weighted by Crippen LogP contribution is -2.34. The van der Waals surface area contributed by atoms with Crippen LogP contribution in [0, 0.1) is 6.92 Å². The molecule has 0 fully saturated rings. The fourth-order valence-electron chi connectivity index (χ4n) is 1.88. The number of amides is 2. The zero-order valence-corrected chi connectivity index (χ0v) is 14.1. The second-order valence-corrected chi connectivity index (χ2v) is 6.25. The van der Waals surface area contributed by atoms with Crippen LogP contribution in [0.4, 0.5) is 5.69 Å². The van der Waals surface area contributed by atoms with Crippen LogP contribution in [0.5, 0.6) is 0 Å². The van der Waals surface area contributed by atoms with Crippen molar-refractivity contribution in [1.82, 2.24) is 5.32 Å². The molecular formula is C16H22N2O4S. The quantitative estimate of drug-likeness (QED) is 0.640. The van der Waals surface area contributed by atoms with Gasteiger partial charge in [-0.25, -0.2) is 0 Å². The van der Waals surface area contributed by atoms with Crippen LogP contribution in [-0.2, 0) is 14.4 Å². The number of hydrogen-bond donors (Lipinski definition) is 3. The molecule has 0 aliphatic rings. The first-order valence-electron chi connectivity index (χ1n) is 7.40. The average molecular weight is 338 g/mol. The number of thioether (sulfide) groups is 1. The molecule has 1 aromatic carbocycles. The Morgan fingerprint density at radius 3 is 2.65 bits per heavy atom. The third kappa shape index (κ3) is 7.69. The zero-order chi connectivity index (χ0) is 17.2. The van der Waals surface area contributed by atoms with Gasteiger partial charge in [0.1, 0.15) is 0 Å². The highest BCUT2D eigenvalue weighted by molar-refractivity contribution is 8.01. The zero-order valence-electron chi connectivity index (χ0n) is 13.3. The molecule has 0 bridgehead atoms. The smallest absolute Gasteiger partial charge is 0.305 e. The largest absolute Gasteiger partial charge is 0.481 e. The number of anilines is 1. The predicted octanol–water partition coefficient (Wildman–Crippen LogP) is 2.04. The van der Waals surface area contributed by atoms with Gasteiger partial charge in [0, 0.05) is 12.2 Å². The number of carboxylic acid groups (broad SMARTS) is 1. The van der Waals surface area contributed by atoms with Crippen molar-refractivity contribution in [1.29, 1.82) is 0 Å². The van der Waals surface area contributed by atoms with E-state index in [0.717, 1.165) is 11.3 Å². The SMILES string of the molecule is CCC(SCC(=O)Nc1cccc(C)c1)C(=O)NCCC(=O)O. The van der Waals surface area contributed by atoms with E-state index in [1.165, 1.54) is 11.8 Å². The summed E-state index contributed by atoms with van der Waals surface area (Å²) in [6.45, 7) is 3.90. The molecule has 1 rings (SSSR count). The van der Waals surface area contributed by atoms with Crippen molar-refractivity contribution in [2.75, 3.05) is 17.6 Å². The van der Waals surface area contributed by atoms with E-state index in [0.29, 0.717) is 6.42 Å². The molecule has 23 heavy (non-hydrogen) atoms. The maximum Gasteiger partial charge on any atom is 0.305 e. The first-order valence-corrected chi connectivity index (χ1v) is 8.45. The van der Waals surface area contributed by atoms with Gasteiger partial charge in [-0.15, -0.1) is 11.8 Å². The van der Waals surface area contributed by atoms with Crippen LogP contribution in [0.1, 0.15) is 25.3 Å². The fourth-order valence-corrected chi connectivity index (χ4v) is 2.78. The monoisotopic (exact) mass is 338 g/mol. The summed E-state index contributed by atoms with van der Waals surface area (Å²) in [4.78, 5) is 34.3. The Bertz CT molecular complexity index is 563. The van der Waals surface area contributed by atoms with E-state index >= 15 is 0 Å². The standard InChI is InChI=1S/C16H22N2O4S/c1-3-13(16(22)17-8-7-15(20)21)23-10-14(19)18-12-6-4-5-11(2)9-12/h4-6,9,13H,3,7-8,10H2,1-2H3,(H,17,22)(H,18,19)(H,20,21). The maximum atomic E-state index is 11.9. The average Bonchev–Trinajstić information content (AvgIpc) is 2.47. The van der Waals surface area contributed by atoms with Gasteiger partial charge < -0.3 is 15.7 Å². The van der Waals surface area contributed by atoms with Gasteiger partial charge in [0.25, 0.3) is 0 Å². The van der Waals surface area contributed by atoms with E-state index in [1.807, 2.05) is 38.1 Å². The summed E-state index contributed by atoms with van der Waals surface area (Å²) in [5.74, 6) is -1.19. The van der Waals surface area contributed by atoms with Gasteiger partial charge in [0.05, 0.1) is 17.4 Å². The highest BCUT2D eigenvalue weighted by atomic mass is 32.2. The summed E-state index contributed by atoms with van der Waals surface area (Å²) in [6.07, 6.45) is 0.460. The van der Waals surface area contributed by atoms with Crippen molar-refractivity contribution in [2.24, 2.45) is 0 Å². The van der Waals surface area contributed by atoms with Crippen LogP contribution in [0.25, 0.3) is 0 Å². The van der Waals surface area contributed by atoms with Gasteiger partial charge in [-0.2, -0.15) is 0 Å². The number of hydrogen-bond acceptors (Lipinski definition) is 4. The van der Waals surface area contributed by atoms with Crippen molar-refractivity contribution >= 4 is 35.2 Å². The number of rotatable bonds is 9. The lowest BCUT2D eigenvalue weighted by Gasteiger charge is -2.14. The number of carbonyl (C=O) groups excluding carboxylic acids is 2. The molecule has 0 saturated carbocycles. The lowest BCUT2D eigenvalue weighted by atomic mass is 10.2. The Morgan fingerprint density at radius 1 is 1.30 bits per heavy atom. The fraction of sp³-hybridized carbons (Fsp3) is 0.438. The van der Waals surface area contributed by atoms with E-state index in [-0.39, 0.29) is 35.8 Å². The minimum absolute atomic E-state index is 0.0979. The number of benzene rings is 1. The number of aryl methyl sites for hydroxylation is 1. The summed E-state index contributed by atoms with van der Waals surface area (Å²) >= 11 is 1.25. The number of nitrogens with one attached hydrogen (secondary N) is 2. The topological polar surface area (TPSA) is 95.5 Å². The molecule has 2 amide bonds. The van der Waals surface area contributed by atoms with Gasteiger partial charge in [-0.3, -0.25) is 14.4 Å². The van der Waals surface area contributed by atoms with Crippen LogP contribution in [0.15, 0.2) is 24.3 Å². The first-order chi connectivity index (χ1) is 10.9. The molecule has 3 N–H and O–H groups in total. The molecule has 1 aromatic rings. The van der Waals surface area contributed by atoms with E-state index in [4.69, 9.17) is 5.11 Å². The molecular weight excluding hydrogens is 316 g/mol. The molecule has 0 radical (unpaired) electrons. The van der Waals surface area contributed by atoms with E-state index in [1.54, 1.807) is 0 Å². The number of aliphatic carboxylic acids is 1. The Hall–Kier alpha value is -2.02. The number of carbonyl (C=O) groups is 3. The summed E-state index contributed by atoms with van der Waals surface area (Å²) in [6, 6.07) is 7.49. The van der Waals surface area contributed by atoms with E-state index in [2.05, 4.69) is 10.6 Å². The van der Waals surface area contributed by atoms with Gasteiger partial charge in [-0.05, 0) is 31.0 Å². The van der Waals surface area contributed by atoms with Crippen LogP contribution in [-0.4, -0.2) is 40.4 Å². The number of carboxylic acids is 1. The third-order valence-corrected chi connectivity index (χ3v) is 4.40. The Kier molecular flexibility index (Phi) is 8.18. The predicted molar refractivity (Wildman–Crippen MR) is 91.6 cm³/mol. The Labute approximate surface area is 140 Å². The molecule has 0 heterocycles. The third-order valence-electron chi connectivity index (χ3n) is 3.02. The normalized spacial score (nSPS) is 11.6. The molecule has 1 atom stereocenters. The molecule has 0 aromatic heterocycles. The van der Waals surface area contributed by atoms with Gasteiger partial charge in [0.2, 0.25) is 11.8 Å². The van der Waals surface area contributed by atoms with E-state index < -0.39 is 5.97 Å². The van der Waals surface area contributed by atoms with Gasteiger partial charge in [0.15, 0.2) is 0 Å². The maximum absolute atomic E-state index is 11.9. The first kappa shape index (κ1) is 19.0. The van der Waals surface area contributed by atoms with Crippen molar-refractivity contribution in [3.63, 3.8) is 0 Å². The lowest BCUT2D eigenvalue weighted by molar-refractivity contribution is -0.137. The van der Waals surface area contributed by atoms with Crippen LogP contribution in [0.2, 0.25) is 0 Å². The Morgan fingerprint density at radius 2 is 2.04 bits per heavy atom. The summed E-state index contributed by atoms with van der Waals surface area (Å²) in [5, 5.41) is 13.5. The van der Waals surface area contributed by atoms with Crippen molar-refractivity contribution < 1.29 is 19.5 Å². The van der Waals surface area contributed by atoms with E-state index in [9.17, 15) is 14.4 Å². The van der Waals surface area contributed by atoms with Crippen LogP contribution < -0.4 is 10.6 Å². The molecule has 0 spiro atoms. The molecule has 0 saturated heterocycles. The summed E-state index contributed by atoms with van der Waals surface area (Å²) < 4.78 is 0. The van der Waals surface area contributed by atoms with Crippen molar-refractivity contribution in [2.45, 2.75) is 31.9 Å². The molecule has 1 unspecified atom stereocenters. The molecule has 126 valence electrons. The Balaban J connectivity index is 2.39. The highest BCUT2D eigenvalue weighted by Gasteiger charge is 2.18. The minimum Gasteiger partial charge on any atom is -0.481 e. The minimum atomic E-state index is -0.955. The molecule has 0 aliphatic carbocycles. The second kappa shape index (κ2) is 9.89.